The van der Waals surface area contributed by atoms with Crippen molar-refractivity contribution in [1.29, 1.82) is 0 Å². The summed E-state index contributed by atoms with van der Waals surface area (Å²) < 4.78 is 0. The molecule has 4 heteroatoms. The van der Waals surface area contributed by atoms with Crippen molar-refractivity contribution < 1.29 is 0 Å². The number of anilines is 3. The standard InChI is InChI=1S/C25H32N4/c1-27-15-16-29-22-11-14-28(17-21(22)20-8-3-9-23(27)25(20)29)13-4-7-18-5-2-6-19-10-12-26-24(18)19/h2-3,5-6,8-9,21-22,26H,4,7,10-17H2,1H3/t21-,22-/m0/s1. The Kier molecular flexibility index (Phi) is 4.22. The Morgan fingerprint density at radius 2 is 2.00 bits per heavy atom. The molecule has 0 unspecified atom stereocenters. The van der Waals surface area contributed by atoms with Crippen molar-refractivity contribution in [2.45, 2.75) is 37.6 Å². The molecule has 2 aromatic carbocycles. The third kappa shape index (κ3) is 2.83. The second-order valence-electron chi connectivity index (χ2n) is 9.32. The number of nitrogens with zero attached hydrogens (tertiary/aromatic N) is 3. The molecular formula is C25H32N4. The van der Waals surface area contributed by atoms with E-state index in [2.05, 4.69) is 63.5 Å². The minimum atomic E-state index is 0.688. The SMILES string of the molecule is CN1CCN2c3c(cccc31)[C@@H]1CN(CCCc3cccc4c3NCC4)CC[C@@H]12. The van der Waals surface area contributed by atoms with E-state index in [-0.39, 0.29) is 0 Å². The first kappa shape index (κ1) is 17.6. The Morgan fingerprint density at radius 1 is 1.07 bits per heavy atom. The Bertz CT molecular complexity index is 923. The summed E-state index contributed by atoms with van der Waals surface area (Å²) in [6, 6.07) is 14.6. The van der Waals surface area contributed by atoms with Crippen molar-refractivity contribution in [1.82, 2.24) is 4.90 Å². The number of piperidine rings is 1. The topological polar surface area (TPSA) is 21.8 Å². The summed E-state index contributed by atoms with van der Waals surface area (Å²) in [5, 5.41) is 3.60. The average Bonchev–Trinajstić information content (AvgIpc) is 3.35. The van der Waals surface area contributed by atoms with Crippen molar-refractivity contribution in [3.05, 3.63) is 53.1 Å². The molecule has 0 saturated carbocycles. The number of rotatable bonds is 4. The molecular weight excluding hydrogens is 356 g/mol. The first-order chi connectivity index (χ1) is 14.3. The van der Waals surface area contributed by atoms with Gasteiger partial charge in [0.05, 0.1) is 11.4 Å². The Hall–Kier alpha value is -2.20. The molecule has 1 fully saturated rings. The molecule has 4 heterocycles. The van der Waals surface area contributed by atoms with E-state index in [1.807, 2.05) is 0 Å². The molecule has 0 bridgehead atoms. The number of likely N-dealkylation sites (N-methyl/N-ethyl adjacent to an activating group) is 1. The van der Waals surface area contributed by atoms with E-state index in [1.54, 1.807) is 11.3 Å². The molecule has 1 N–H and O–H groups in total. The van der Waals surface area contributed by atoms with Crippen molar-refractivity contribution in [2.75, 3.05) is 61.4 Å². The predicted octanol–water partition coefficient (Wildman–Crippen LogP) is 3.72. The van der Waals surface area contributed by atoms with Gasteiger partial charge in [-0.05, 0) is 55.0 Å². The first-order valence-electron chi connectivity index (χ1n) is 11.5. The Labute approximate surface area is 174 Å². The molecule has 2 atom stereocenters. The van der Waals surface area contributed by atoms with Crippen LogP contribution in [0.5, 0.6) is 0 Å². The van der Waals surface area contributed by atoms with Gasteiger partial charge in [0.15, 0.2) is 0 Å². The lowest BCUT2D eigenvalue weighted by atomic mass is 9.89. The lowest BCUT2D eigenvalue weighted by molar-refractivity contribution is 0.191. The molecule has 0 amide bonds. The molecule has 0 radical (unpaired) electrons. The lowest BCUT2D eigenvalue weighted by Gasteiger charge is -2.41. The fourth-order valence-electron chi connectivity index (χ4n) is 6.29. The molecule has 0 aliphatic carbocycles. The first-order valence-corrected chi connectivity index (χ1v) is 11.5. The van der Waals surface area contributed by atoms with Gasteiger partial charge in [0, 0.05) is 57.4 Å². The number of benzene rings is 2. The molecule has 1 saturated heterocycles. The fourth-order valence-corrected chi connectivity index (χ4v) is 6.29. The third-order valence-corrected chi connectivity index (χ3v) is 7.73. The van der Waals surface area contributed by atoms with Gasteiger partial charge < -0.3 is 20.0 Å². The average molecular weight is 389 g/mol. The molecule has 0 spiro atoms. The Morgan fingerprint density at radius 3 is 2.97 bits per heavy atom. The number of para-hydroxylation sites is 2. The third-order valence-electron chi connectivity index (χ3n) is 7.73. The van der Waals surface area contributed by atoms with E-state index >= 15 is 0 Å². The van der Waals surface area contributed by atoms with E-state index in [0.29, 0.717) is 5.92 Å². The summed E-state index contributed by atoms with van der Waals surface area (Å²) >= 11 is 0. The van der Waals surface area contributed by atoms with Crippen LogP contribution in [-0.4, -0.2) is 57.3 Å². The maximum Gasteiger partial charge on any atom is 0.0644 e. The summed E-state index contributed by atoms with van der Waals surface area (Å²) in [7, 11) is 2.25. The van der Waals surface area contributed by atoms with Gasteiger partial charge in [-0.15, -0.1) is 0 Å². The lowest BCUT2D eigenvalue weighted by Crippen LogP contribution is -2.49. The number of nitrogens with one attached hydrogen (secondary N) is 1. The van der Waals surface area contributed by atoms with Gasteiger partial charge in [0.25, 0.3) is 0 Å². The largest absolute Gasteiger partial charge is 0.384 e. The summed E-state index contributed by atoms with van der Waals surface area (Å²) in [6.45, 7) is 7.15. The number of hydrogen-bond acceptors (Lipinski definition) is 4. The van der Waals surface area contributed by atoms with Gasteiger partial charge in [0.2, 0.25) is 0 Å². The van der Waals surface area contributed by atoms with Crippen LogP contribution in [0.3, 0.4) is 0 Å². The van der Waals surface area contributed by atoms with E-state index in [4.69, 9.17) is 0 Å². The molecule has 4 nitrogen and oxygen atoms in total. The monoisotopic (exact) mass is 388 g/mol. The smallest absolute Gasteiger partial charge is 0.0644 e. The maximum absolute atomic E-state index is 3.60. The summed E-state index contributed by atoms with van der Waals surface area (Å²) in [5.41, 5.74) is 9.06. The highest BCUT2D eigenvalue weighted by Crippen LogP contribution is 2.50. The molecule has 4 aliphatic heterocycles. The molecule has 4 aliphatic rings. The van der Waals surface area contributed by atoms with Gasteiger partial charge in [-0.1, -0.05) is 30.3 Å². The van der Waals surface area contributed by atoms with Gasteiger partial charge in [-0.2, -0.15) is 0 Å². The maximum atomic E-state index is 3.60. The fraction of sp³-hybridized carbons (Fsp3) is 0.520. The quantitative estimate of drug-likeness (QED) is 0.862. The van der Waals surface area contributed by atoms with Crippen LogP contribution >= 0.6 is 0 Å². The molecule has 152 valence electrons. The highest BCUT2D eigenvalue weighted by molar-refractivity contribution is 5.80. The van der Waals surface area contributed by atoms with Crippen LogP contribution in [0.25, 0.3) is 0 Å². The highest BCUT2D eigenvalue weighted by atomic mass is 15.3. The summed E-state index contributed by atoms with van der Waals surface area (Å²) in [5.74, 6) is 0.688. The zero-order chi connectivity index (χ0) is 19.4. The number of likely N-dealkylation sites (tertiary alicyclic amines) is 1. The van der Waals surface area contributed by atoms with Crippen LogP contribution in [0, 0.1) is 0 Å². The van der Waals surface area contributed by atoms with E-state index in [0.717, 1.165) is 19.1 Å². The zero-order valence-corrected chi connectivity index (χ0v) is 17.5. The van der Waals surface area contributed by atoms with E-state index < -0.39 is 0 Å². The number of fused-ring (bicyclic) bond motifs is 4. The van der Waals surface area contributed by atoms with Crippen LogP contribution in [0.2, 0.25) is 0 Å². The normalized spacial score (nSPS) is 24.9. The molecule has 6 rings (SSSR count). The van der Waals surface area contributed by atoms with Gasteiger partial charge in [-0.25, -0.2) is 0 Å². The van der Waals surface area contributed by atoms with Crippen LogP contribution in [0.15, 0.2) is 36.4 Å². The van der Waals surface area contributed by atoms with Gasteiger partial charge >= 0.3 is 0 Å². The second kappa shape index (κ2) is 6.94. The minimum absolute atomic E-state index is 0.688. The van der Waals surface area contributed by atoms with Gasteiger partial charge in [-0.3, -0.25) is 0 Å². The molecule has 2 aromatic rings. The second-order valence-corrected chi connectivity index (χ2v) is 9.32. The van der Waals surface area contributed by atoms with Crippen molar-refractivity contribution in [3.63, 3.8) is 0 Å². The predicted molar refractivity (Wildman–Crippen MR) is 122 cm³/mol. The summed E-state index contributed by atoms with van der Waals surface area (Å²) in [4.78, 5) is 7.92. The van der Waals surface area contributed by atoms with Crippen molar-refractivity contribution >= 4 is 17.1 Å². The van der Waals surface area contributed by atoms with E-state index in [1.165, 1.54) is 74.4 Å². The zero-order valence-electron chi connectivity index (χ0n) is 17.5. The van der Waals surface area contributed by atoms with Gasteiger partial charge in [0.1, 0.15) is 0 Å². The van der Waals surface area contributed by atoms with Crippen LogP contribution in [0.1, 0.15) is 35.4 Å². The van der Waals surface area contributed by atoms with E-state index in [9.17, 15) is 0 Å². The Balaban J connectivity index is 1.14. The van der Waals surface area contributed by atoms with Crippen LogP contribution in [-0.2, 0) is 12.8 Å². The van der Waals surface area contributed by atoms with Crippen LogP contribution < -0.4 is 15.1 Å². The number of hydrogen-bond donors (Lipinski definition) is 1. The number of aryl methyl sites for hydroxylation is 1. The highest BCUT2D eigenvalue weighted by Gasteiger charge is 2.44. The van der Waals surface area contributed by atoms with Crippen molar-refractivity contribution in [2.24, 2.45) is 0 Å². The van der Waals surface area contributed by atoms with Crippen molar-refractivity contribution in [3.8, 4) is 0 Å². The van der Waals surface area contributed by atoms with Crippen LogP contribution in [0.4, 0.5) is 17.1 Å². The minimum Gasteiger partial charge on any atom is -0.384 e. The molecule has 29 heavy (non-hydrogen) atoms. The summed E-state index contributed by atoms with van der Waals surface area (Å²) in [6.07, 6.45) is 4.95. The molecule has 0 aromatic heterocycles.